The highest BCUT2D eigenvalue weighted by atomic mass is 32.2. The number of benzene rings is 1. The second-order valence-electron chi connectivity index (χ2n) is 5.86. The second kappa shape index (κ2) is 7.00. The van der Waals surface area contributed by atoms with Crippen molar-refractivity contribution < 1.29 is 8.42 Å². The molecule has 1 saturated carbocycles. The fraction of sp³-hybridized carbons (Fsp3) is 0.353. The SMILES string of the molecule is O=S(=O)(CCCc1ccccc1)Nc1ccc(NC2CC2)nc1. The number of sulfonamides is 1. The van der Waals surface area contributed by atoms with Crippen molar-refractivity contribution >= 4 is 21.5 Å². The molecule has 0 saturated heterocycles. The Morgan fingerprint density at radius 2 is 1.87 bits per heavy atom. The molecule has 0 atom stereocenters. The lowest BCUT2D eigenvalue weighted by Crippen LogP contribution is -2.17. The van der Waals surface area contributed by atoms with Crippen LogP contribution >= 0.6 is 0 Å². The number of aryl methyl sites for hydroxylation is 1. The van der Waals surface area contributed by atoms with Crippen molar-refractivity contribution in [3.05, 3.63) is 54.2 Å². The standard InChI is InChI=1S/C17H21N3O2S/c21-23(22,12-4-7-14-5-2-1-3-6-14)20-16-10-11-17(18-13-16)19-15-8-9-15/h1-3,5-6,10-11,13,15,20H,4,7-9,12H2,(H,18,19). The van der Waals surface area contributed by atoms with Crippen LogP contribution in [-0.4, -0.2) is 25.2 Å². The molecule has 0 bridgehead atoms. The van der Waals surface area contributed by atoms with E-state index in [0.717, 1.165) is 17.8 Å². The van der Waals surface area contributed by atoms with Gasteiger partial charge < -0.3 is 5.32 Å². The summed E-state index contributed by atoms with van der Waals surface area (Å²) < 4.78 is 26.8. The Balaban J connectivity index is 1.49. The Morgan fingerprint density at radius 1 is 1.09 bits per heavy atom. The minimum atomic E-state index is -3.34. The van der Waals surface area contributed by atoms with E-state index in [-0.39, 0.29) is 5.75 Å². The van der Waals surface area contributed by atoms with Crippen LogP contribution in [0.4, 0.5) is 11.5 Å². The molecule has 0 amide bonds. The van der Waals surface area contributed by atoms with Crippen molar-refractivity contribution in [2.75, 3.05) is 15.8 Å². The Kier molecular flexibility index (Phi) is 4.81. The lowest BCUT2D eigenvalue weighted by molar-refractivity contribution is 0.598. The summed E-state index contributed by atoms with van der Waals surface area (Å²) in [4.78, 5) is 4.23. The molecule has 1 aliphatic carbocycles. The summed E-state index contributed by atoms with van der Waals surface area (Å²) in [7, 11) is -3.34. The summed E-state index contributed by atoms with van der Waals surface area (Å²) in [6.07, 6.45) is 5.26. The first-order valence-electron chi connectivity index (χ1n) is 7.88. The average Bonchev–Trinajstić information content (AvgIpc) is 3.34. The number of anilines is 2. The number of hydrogen-bond acceptors (Lipinski definition) is 4. The van der Waals surface area contributed by atoms with Gasteiger partial charge in [0.15, 0.2) is 0 Å². The number of aromatic nitrogens is 1. The summed E-state index contributed by atoms with van der Waals surface area (Å²) in [5.41, 5.74) is 1.66. The third-order valence-electron chi connectivity index (χ3n) is 3.69. The number of pyridine rings is 1. The molecule has 6 heteroatoms. The maximum absolute atomic E-state index is 12.1. The maximum Gasteiger partial charge on any atom is 0.232 e. The highest BCUT2D eigenvalue weighted by Gasteiger charge is 2.21. The van der Waals surface area contributed by atoms with Crippen molar-refractivity contribution in [1.82, 2.24) is 4.98 Å². The molecule has 1 aromatic carbocycles. The molecule has 23 heavy (non-hydrogen) atoms. The maximum atomic E-state index is 12.1. The molecule has 1 heterocycles. The predicted octanol–water partition coefficient (Wildman–Crippen LogP) is 3.03. The van der Waals surface area contributed by atoms with Gasteiger partial charge in [0.2, 0.25) is 10.0 Å². The molecule has 122 valence electrons. The van der Waals surface area contributed by atoms with Crippen LogP contribution < -0.4 is 10.0 Å². The lowest BCUT2D eigenvalue weighted by Gasteiger charge is -2.09. The Labute approximate surface area is 137 Å². The first-order valence-corrected chi connectivity index (χ1v) is 9.53. The van der Waals surface area contributed by atoms with Crippen molar-refractivity contribution in [3.63, 3.8) is 0 Å². The van der Waals surface area contributed by atoms with Crippen molar-refractivity contribution in [3.8, 4) is 0 Å². The summed E-state index contributed by atoms with van der Waals surface area (Å²) in [5, 5.41) is 3.27. The highest BCUT2D eigenvalue weighted by molar-refractivity contribution is 7.92. The fourth-order valence-corrected chi connectivity index (χ4v) is 3.42. The van der Waals surface area contributed by atoms with Gasteiger partial charge in [-0.25, -0.2) is 13.4 Å². The first kappa shape index (κ1) is 15.8. The van der Waals surface area contributed by atoms with Crippen LogP contribution in [0.5, 0.6) is 0 Å². The van der Waals surface area contributed by atoms with Gasteiger partial charge in [-0.15, -0.1) is 0 Å². The van der Waals surface area contributed by atoms with Crippen LogP contribution in [0.25, 0.3) is 0 Å². The number of nitrogens with one attached hydrogen (secondary N) is 2. The van der Waals surface area contributed by atoms with E-state index in [9.17, 15) is 8.42 Å². The molecule has 2 N–H and O–H groups in total. The summed E-state index contributed by atoms with van der Waals surface area (Å²) in [6.45, 7) is 0. The van der Waals surface area contributed by atoms with E-state index in [2.05, 4.69) is 15.0 Å². The van der Waals surface area contributed by atoms with E-state index < -0.39 is 10.0 Å². The van der Waals surface area contributed by atoms with Crippen LogP contribution in [0.15, 0.2) is 48.7 Å². The van der Waals surface area contributed by atoms with Crippen LogP contribution in [0.3, 0.4) is 0 Å². The fourth-order valence-electron chi connectivity index (χ4n) is 2.32. The Hall–Kier alpha value is -2.08. The van der Waals surface area contributed by atoms with E-state index in [1.807, 2.05) is 30.3 Å². The quantitative estimate of drug-likeness (QED) is 0.780. The van der Waals surface area contributed by atoms with Gasteiger partial charge in [-0.3, -0.25) is 4.72 Å². The smallest absolute Gasteiger partial charge is 0.232 e. The zero-order valence-electron chi connectivity index (χ0n) is 12.9. The van der Waals surface area contributed by atoms with Gasteiger partial charge in [-0.1, -0.05) is 30.3 Å². The molecule has 1 fully saturated rings. The monoisotopic (exact) mass is 331 g/mol. The zero-order chi connectivity index (χ0) is 16.1. The minimum Gasteiger partial charge on any atom is -0.367 e. The van der Waals surface area contributed by atoms with E-state index in [1.54, 1.807) is 18.3 Å². The van der Waals surface area contributed by atoms with Crippen molar-refractivity contribution in [2.45, 2.75) is 31.7 Å². The summed E-state index contributed by atoms with van der Waals surface area (Å²) >= 11 is 0. The number of hydrogen-bond donors (Lipinski definition) is 2. The predicted molar refractivity (Wildman–Crippen MR) is 93.1 cm³/mol. The summed E-state index contributed by atoms with van der Waals surface area (Å²) in [5.74, 6) is 0.892. The van der Waals surface area contributed by atoms with E-state index in [1.165, 1.54) is 12.8 Å². The van der Waals surface area contributed by atoms with Gasteiger partial charge in [0.1, 0.15) is 5.82 Å². The van der Waals surface area contributed by atoms with Crippen LogP contribution in [-0.2, 0) is 16.4 Å². The normalized spacial score (nSPS) is 14.4. The molecule has 1 aromatic heterocycles. The van der Waals surface area contributed by atoms with Gasteiger partial charge in [0.25, 0.3) is 0 Å². The van der Waals surface area contributed by atoms with E-state index >= 15 is 0 Å². The third-order valence-corrected chi connectivity index (χ3v) is 5.06. The Bertz CT molecular complexity index is 726. The Morgan fingerprint density at radius 3 is 2.52 bits per heavy atom. The number of rotatable bonds is 8. The van der Waals surface area contributed by atoms with Crippen LogP contribution in [0, 0.1) is 0 Å². The molecule has 0 radical (unpaired) electrons. The van der Waals surface area contributed by atoms with Crippen molar-refractivity contribution in [2.24, 2.45) is 0 Å². The average molecular weight is 331 g/mol. The number of nitrogens with zero attached hydrogens (tertiary/aromatic N) is 1. The van der Waals surface area contributed by atoms with Crippen LogP contribution in [0.1, 0.15) is 24.8 Å². The van der Waals surface area contributed by atoms with Crippen LogP contribution in [0.2, 0.25) is 0 Å². The van der Waals surface area contributed by atoms with Gasteiger partial charge in [0.05, 0.1) is 17.6 Å². The minimum absolute atomic E-state index is 0.101. The van der Waals surface area contributed by atoms with E-state index in [4.69, 9.17) is 0 Å². The second-order valence-corrected chi connectivity index (χ2v) is 7.70. The molecule has 0 unspecified atom stereocenters. The molecular formula is C17H21N3O2S. The third kappa shape index (κ3) is 5.25. The van der Waals surface area contributed by atoms with Gasteiger partial charge in [0, 0.05) is 6.04 Å². The lowest BCUT2D eigenvalue weighted by atomic mass is 10.1. The molecule has 0 spiro atoms. The molecular weight excluding hydrogens is 310 g/mol. The highest BCUT2D eigenvalue weighted by Crippen LogP contribution is 2.24. The molecule has 2 aromatic rings. The van der Waals surface area contributed by atoms with Gasteiger partial charge >= 0.3 is 0 Å². The van der Waals surface area contributed by atoms with Gasteiger partial charge in [-0.2, -0.15) is 0 Å². The van der Waals surface area contributed by atoms with Gasteiger partial charge in [-0.05, 0) is 43.4 Å². The van der Waals surface area contributed by atoms with E-state index in [0.29, 0.717) is 18.2 Å². The molecule has 1 aliphatic rings. The molecule has 5 nitrogen and oxygen atoms in total. The largest absolute Gasteiger partial charge is 0.367 e. The topological polar surface area (TPSA) is 71.1 Å². The molecule has 3 rings (SSSR count). The first-order chi connectivity index (χ1) is 11.1. The molecule has 0 aliphatic heterocycles. The summed E-state index contributed by atoms with van der Waals surface area (Å²) in [6, 6.07) is 14.0. The van der Waals surface area contributed by atoms with Crippen molar-refractivity contribution in [1.29, 1.82) is 0 Å². The zero-order valence-corrected chi connectivity index (χ0v) is 13.7.